The molecule has 0 saturated heterocycles. The minimum absolute atomic E-state index is 0.0378. The molecule has 4 aromatic rings. The average Bonchev–Trinajstić information content (AvgIpc) is 3.33. The van der Waals surface area contributed by atoms with Crippen molar-refractivity contribution >= 4 is 29.0 Å². The van der Waals surface area contributed by atoms with Gasteiger partial charge in [0.15, 0.2) is 0 Å². The second-order valence-corrected chi connectivity index (χ2v) is 10.9. The Labute approximate surface area is 245 Å². The fourth-order valence-electron chi connectivity index (χ4n) is 6.11. The number of imidazole rings is 1. The third-order valence-electron chi connectivity index (χ3n) is 7.93. The number of carbonyl (C=O) groups excluding carboxylic acids is 1. The molecule has 5 rings (SSSR count). The Balaban J connectivity index is 1.52. The van der Waals surface area contributed by atoms with Gasteiger partial charge in [0.05, 0.1) is 18.1 Å². The van der Waals surface area contributed by atoms with Crippen molar-refractivity contribution in [2.45, 2.75) is 45.7 Å². The topological polar surface area (TPSA) is 145 Å². The maximum atomic E-state index is 13.1. The molecule has 0 bridgehead atoms. The first-order chi connectivity index (χ1) is 20.4. The van der Waals surface area contributed by atoms with Gasteiger partial charge < -0.3 is 20.9 Å². The van der Waals surface area contributed by atoms with E-state index in [9.17, 15) is 27.9 Å². The summed E-state index contributed by atoms with van der Waals surface area (Å²) in [7, 11) is 0. The first kappa shape index (κ1) is 29.8. The Morgan fingerprint density at radius 3 is 2.49 bits per heavy atom. The van der Waals surface area contributed by atoms with Crippen molar-refractivity contribution in [1.29, 1.82) is 0 Å². The molecule has 1 aromatic carbocycles. The number of carbonyl (C=O) groups is 2. The molecule has 1 aliphatic carbocycles. The van der Waals surface area contributed by atoms with E-state index >= 15 is 0 Å². The molecule has 1 saturated carbocycles. The number of nitrogens with zero attached hydrogens (tertiary/aromatic N) is 4. The van der Waals surface area contributed by atoms with Crippen molar-refractivity contribution in [2.24, 2.45) is 17.8 Å². The molecule has 0 unspecified atom stereocenters. The van der Waals surface area contributed by atoms with Crippen molar-refractivity contribution in [3.05, 3.63) is 65.9 Å². The molecule has 3 aromatic heterocycles. The highest BCUT2D eigenvalue weighted by Crippen LogP contribution is 2.45. The largest absolute Gasteiger partial charge is 0.493 e. The number of ether oxygens (including phenoxy) is 1. The molecule has 0 spiro atoms. The predicted molar refractivity (Wildman–Crippen MR) is 153 cm³/mol. The normalized spacial score (nSPS) is 20.6. The average molecular weight is 597 g/mol. The third kappa shape index (κ3) is 5.84. The van der Waals surface area contributed by atoms with Gasteiger partial charge in [0.25, 0.3) is 5.91 Å². The van der Waals surface area contributed by atoms with E-state index in [0.717, 1.165) is 24.2 Å². The number of pyridine rings is 1. The minimum atomic E-state index is -4.58. The zero-order chi connectivity index (χ0) is 31.1. The van der Waals surface area contributed by atoms with Gasteiger partial charge in [0.1, 0.15) is 34.4 Å². The van der Waals surface area contributed by atoms with Crippen molar-refractivity contribution in [2.75, 3.05) is 17.7 Å². The Morgan fingerprint density at radius 1 is 1.12 bits per heavy atom. The molecule has 1 aliphatic rings. The first-order valence-electron chi connectivity index (χ1n) is 13.9. The van der Waals surface area contributed by atoms with Crippen molar-refractivity contribution in [1.82, 2.24) is 19.4 Å². The molecule has 10 nitrogen and oxygen atoms in total. The van der Waals surface area contributed by atoms with E-state index in [1.807, 2.05) is 18.2 Å². The summed E-state index contributed by atoms with van der Waals surface area (Å²) in [6, 6.07) is 6.23. The first-order valence-corrected chi connectivity index (χ1v) is 13.9. The number of carboxylic acid groups (broad SMARTS) is 1. The van der Waals surface area contributed by atoms with Crippen molar-refractivity contribution < 1.29 is 32.6 Å². The number of hydrogen-bond acceptors (Lipinski definition) is 7. The van der Waals surface area contributed by atoms with E-state index < -0.39 is 29.5 Å². The van der Waals surface area contributed by atoms with Crippen molar-refractivity contribution in [3.63, 3.8) is 0 Å². The fraction of sp³-hybridized carbons (Fsp3) is 0.367. The second-order valence-electron chi connectivity index (χ2n) is 10.9. The van der Waals surface area contributed by atoms with E-state index in [-0.39, 0.29) is 41.6 Å². The van der Waals surface area contributed by atoms with Gasteiger partial charge in [-0.25, -0.2) is 15.0 Å². The van der Waals surface area contributed by atoms with Crippen LogP contribution in [0.4, 0.5) is 24.8 Å². The van der Waals surface area contributed by atoms with E-state index in [1.165, 1.54) is 12.1 Å². The Hall–Kier alpha value is -4.68. The quantitative estimate of drug-likeness (QED) is 0.239. The van der Waals surface area contributed by atoms with Crippen LogP contribution in [0.1, 0.15) is 61.3 Å². The summed E-state index contributed by atoms with van der Waals surface area (Å²) < 4.78 is 47.1. The van der Waals surface area contributed by atoms with Crippen LogP contribution in [0.5, 0.6) is 5.75 Å². The number of aliphatic carboxylic acids is 1. The molecule has 3 heterocycles. The van der Waals surface area contributed by atoms with Crippen LogP contribution in [0.25, 0.3) is 16.8 Å². The number of anilines is 2. The molecule has 13 heteroatoms. The summed E-state index contributed by atoms with van der Waals surface area (Å²) in [5.74, 6) is -1.05. The summed E-state index contributed by atoms with van der Waals surface area (Å²) in [6.07, 6.45) is 0.988. The lowest BCUT2D eigenvalue weighted by atomic mass is 9.69. The number of rotatable bonds is 7. The van der Waals surface area contributed by atoms with Crippen LogP contribution < -0.4 is 15.8 Å². The number of halogens is 3. The minimum Gasteiger partial charge on any atom is -0.493 e. The van der Waals surface area contributed by atoms with Gasteiger partial charge in [-0.1, -0.05) is 13.8 Å². The number of hydrogen-bond donors (Lipinski definition) is 3. The highest BCUT2D eigenvalue weighted by molar-refractivity contribution is 6.04. The second kappa shape index (κ2) is 11.5. The van der Waals surface area contributed by atoms with E-state index in [2.05, 4.69) is 15.3 Å². The van der Waals surface area contributed by atoms with Gasteiger partial charge in [-0.05, 0) is 61.9 Å². The summed E-state index contributed by atoms with van der Waals surface area (Å²) in [5, 5.41) is 12.1. The molecule has 226 valence electrons. The van der Waals surface area contributed by atoms with Gasteiger partial charge >= 0.3 is 12.1 Å². The van der Waals surface area contributed by atoms with Gasteiger partial charge in [0.2, 0.25) is 0 Å². The van der Waals surface area contributed by atoms with Crippen LogP contribution in [0.3, 0.4) is 0 Å². The smallest absolute Gasteiger partial charge is 0.416 e. The number of benzene rings is 1. The number of fused-ring (bicyclic) bond motifs is 1. The van der Waals surface area contributed by atoms with Crippen LogP contribution >= 0.6 is 0 Å². The lowest BCUT2D eigenvalue weighted by Gasteiger charge is -2.36. The number of alkyl halides is 3. The summed E-state index contributed by atoms with van der Waals surface area (Å²) in [6.45, 7) is 5.92. The van der Waals surface area contributed by atoms with Gasteiger partial charge in [-0.2, -0.15) is 13.2 Å². The Kier molecular flexibility index (Phi) is 8.00. The molecule has 43 heavy (non-hydrogen) atoms. The predicted octanol–water partition coefficient (Wildman–Crippen LogP) is 5.89. The molecule has 0 radical (unpaired) electrons. The lowest BCUT2D eigenvalue weighted by molar-refractivity contribution is -0.147. The molecule has 1 fully saturated rings. The van der Waals surface area contributed by atoms with Crippen molar-refractivity contribution in [3.8, 4) is 17.0 Å². The van der Waals surface area contributed by atoms with Crippen LogP contribution in [0.2, 0.25) is 0 Å². The van der Waals surface area contributed by atoms with Crippen LogP contribution in [0.15, 0.2) is 48.9 Å². The summed E-state index contributed by atoms with van der Waals surface area (Å²) >= 11 is 0. The van der Waals surface area contributed by atoms with Crippen LogP contribution in [-0.2, 0) is 11.0 Å². The summed E-state index contributed by atoms with van der Waals surface area (Å²) in [4.78, 5) is 38.0. The maximum Gasteiger partial charge on any atom is 0.416 e. The number of nitrogens with one attached hydrogen (secondary N) is 1. The van der Waals surface area contributed by atoms with Gasteiger partial charge in [-0.15, -0.1) is 0 Å². The standard InChI is InChI=1S/C30H31F3N6O4/c1-4-43-21-13-17(28(40)37-22-14-19(7-8-35-22)30(31,32)33)5-6-20(21)24-25-26(34)36-9-10-39(25)27(38-24)18-11-15(2)23(29(41)42)16(3)12-18/h5-10,13-16,18,23H,4,11-12H2,1-3H3,(H2,34,36)(H,41,42)(H,35,37,40)/t15-,16+,18+,23+. The van der Waals surface area contributed by atoms with Gasteiger partial charge in [-0.3, -0.25) is 14.0 Å². The molecule has 1 amide bonds. The molecule has 4 atom stereocenters. The number of aromatic nitrogens is 4. The molecule has 4 N–H and O–H groups in total. The third-order valence-corrected chi connectivity index (χ3v) is 7.93. The summed E-state index contributed by atoms with van der Waals surface area (Å²) in [5.41, 5.74) is 7.11. The zero-order valence-electron chi connectivity index (χ0n) is 23.7. The number of nitrogen functional groups attached to an aromatic ring is 1. The van der Waals surface area contributed by atoms with E-state index in [1.54, 1.807) is 25.4 Å². The van der Waals surface area contributed by atoms with E-state index in [0.29, 0.717) is 35.4 Å². The highest BCUT2D eigenvalue weighted by atomic mass is 19.4. The fourth-order valence-corrected chi connectivity index (χ4v) is 6.11. The Morgan fingerprint density at radius 2 is 1.84 bits per heavy atom. The number of amides is 1. The number of carboxylic acids is 1. The monoisotopic (exact) mass is 596 g/mol. The molecular weight excluding hydrogens is 565 g/mol. The highest BCUT2D eigenvalue weighted by Gasteiger charge is 2.40. The number of nitrogens with two attached hydrogens (primary N) is 1. The molecule has 0 aliphatic heterocycles. The Bertz CT molecular complexity index is 1680. The van der Waals surface area contributed by atoms with Crippen LogP contribution in [-0.4, -0.2) is 42.9 Å². The van der Waals surface area contributed by atoms with E-state index in [4.69, 9.17) is 15.5 Å². The lowest BCUT2D eigenvalue weighted by Crippen LogP contribution is -2.35. The van der Waals surface area contributed by atoms with Crippen LogP contribution in [0, 0.1) is 17.8 Å². The molecular formula is C30H31F3N6O4. The van der Waals surface area contributed by atoms with Gasteiger partial charge in [0, 0.05) is 35.6 Å². The maximum absolute atomic E-state index is 13.1. The SMILES string of the molecule is CCOc1cc(C(=O)Nc2cc(C(F)(F)F)ccn2)ccc1-c1nc([C@H]2C[C@@H](C)[C@H](C(=O)O)[C@@H](C)C2)n2ccnc(N)c12. The zero-order valence-corrected chi connectivity index (χ0v) is 23.7.